The zero-order chi connectivity index (χ0) is 16.7. The predicted octanol–water partition coefficient (Wildman–Crippen LogP) is 3.44. The third-order valence-electron chi connectivity index (χ3n) is 4.60. The Morgan fingerprint density at radius 1 is 1.33 bits per heavy atom. The Morgan fingerprint density at radius 2 is 2.17 bits per heavy atom. The van der Waals surface area contributed by atoms with Crippen molar-refractivity contribution in [2.45, 2.75) is 32.7 Å². The number of nitrogens with zero attached hydrogens (tertiary/aromatic N) is 3. The number of rotatable bonds is 5. The standard InChI is InChI=1S/C19H19N3O2/c1-12-2-5-18-16(8-12)17(21-22(18)11-13-3-4-13)9-14-10-20-7-6-15(14)19(23)24/h2,5-8,10,13H,3-4,9,11H2,1H3,(H,23,24). The summed E-state index contributed by atoms with van der Waals surface area (Å²) in [7, 11) is 0. The van der Waals surface area contributed by atoms with Crippen LogP contribution in [-0.2, 0) is 13.0 Å². The molecule has 5 nitrogen and oxygen atoms in total. The van der Waals surface area contributed by atoms with E-state index in [0.29, 0.717) is 17.5 Å². The lowest BCUT2D eigenvalue weighted by atomic mass is 10.0. The molecule has 0 saturated heterocycles. The fourth-order valence-electron chi connectivity index (χ4n) is 3.13. The Morgan fingerprint density at radius 3 is 2.92 bits per heavy atom. The smallest absolute Gasteiger partial charge is 0.336 e. The average molecular weight is 321 g/mol. The van der Waals surface area contributed by atoms with Crippen LogP contribution >= 0.6 is 0 Å². The first-order chi connectivity index (χ1) is 11.6. The van der Waals surface area contributed by atoms with Crippen molar-refractivity contribution in [3.8, 4) is 0 Å². The third kappa shape index (κ3) is 2.77. The first-order valence-electron chi connectivity index (χ1n) is 8.24. The van der Waals surface area contributed by atoms with Crippen molar-refractivity contribution in [1.82, 2.24) is 14.8 Å². The summed E-state index contributed by atoms with van der Waals surface area (Å²) in [6, 6.07) is 7.90. The molecule has 1 aromatic carbocycles. The maximum Gasteiger partial charge on any atom is 0.336 e. The van der Waals surface area contributed by atoms with Gasteiger partial charge in [-0.1, -0.05) is 11.6 Å². The second kappa shape index (κ2) is 5.74. The Labute approximate surface area is 140 Å². The van der Waals surface area contributed by atoms with Crippen LogP contribution in [0, 0.1) is 12.8 Å². The highest BCUT2D eigenvalue weighted by Crippen LogP contribution is 2.32. The van der Waals surface area contributed by atoms with E-state index in [4.69, 9.17) is 5.10 Å². The SMILES string of the molecule is Cc1ccc2c(c1)c(Cc1cnccc1C(=O)O)nn2CC1CC1. The number of fused-ring (bicyclic) bond motifs is 1. The molecule has 2 heterocycles. The van der Waals surface area contributed by atoms with E-state index >= 15 is 0 Å². The first kappa shape index (κ1) is 14.9. The highest BCUT2D eigenvalue weighted by Gasteiger charge is 2.24. The van der Waals surface area contributed by atoms with E-state index in [1.807, 2.05) is 0 Å². The van der Waals surface area contributed by atoms with Gasteiger partial charge in [0.05, 0.1) is 16.8 Å². The number of carboxylic acid groups (broad SMARTS) is 1. The zero-order valence-electron chi connectivity index (χ0n) is 13.6. The molecule has 1 fully saturated rings. The summed E-state index contributed by atoms with van der Waals surface area (Å²) >= 11 is 0. The molecular formula is C19H19N3O2. The van der Waals surface area contributed by atoms with E-state index in [2.05, 4.69) is 34.8 Å². The van der Waals surface area contributed by atoms with Crippen molar-refractivity contribution >= 4 is 16.9 Å². The minimum absolute atomic E-state index is 0.294. The lowest BCUT2D eigenvalue weighted by Gasteiger charge is -2.03. The van der Waals surface area contributed by atoms with Crippen molar-refractivity contribution in [2.75, 3.05) is 0 Å². The highest BCUT2D eigenvalue weighted by atomic mass is 16.4. The number of benzene rings is 1. The molecule has 1 N–H and O–H groups in total. The van der Waals surface area contributed by atoms with E-state index in [0.717, 1.165) is 29.1 Å². The summed E-state index contributed by atoms with van der Waals surface area (Å²) < 4.78 is 2.08. The predicted molar refractivity (Wildman–Crippen MR) is 91.2 cm³/mol. The molecule has 3 aromatic rings. The van der Waals surface area contributed by atoms with Gasteiger partial charge in [0.25, 0.3) is 0 Å². The van der Waals surface area contributed by atoms with Gasteiger partial charge in [0, 0.05) is 30.7 Å². The van der Waals surface area contributed by atoms with Gasteiger partial charge in [-0.15, -0.1) is 0 Å². The minimum Gasteiger partial charge on any atom is -0.478 e. The first-order valence-corrected chi connectivity index (χ1v) is 8.24. The van der Waals surface area contributed by atoms with Gasteiger partial charge in [-0.25, -0.2) is 4.79 Å². The van der Waals surface area contributed by atoms with Crippen molar-refractivity contribution in [3.63, 3.8) is 0 Å². The summed E-state index contributed by atoms with van der Waals surface area (Å²) in [5, 5.41) is 15.3. The second-order valence-electron chi connectivity index (χ2n) is 6.61. The summed E-state index contributed by atoms with van der Waals surface area (Å²) in [4.78, 5) is 15.5. The van der Waals surface area contributed by atoms with E-state index in [-0.39, 0.29) is 0 Å². The molecule has 4 rings (SSSR count). The van der Waals surface area contributed by atoms with Crippen LogP contribution in [-0.4, -0.2) is 25.8 Å². The molecule has 0 radical (unpaired) electrons. The zero-order valence-corrected chi connectivity index (χ0v) is 13.6. The van der Waals surface area contributed by atoms with E-state index in [1.54, 1.807) is 12.3 Å². The molecule has 24 heavy (non-hydrogen) atoms. The van der Waals surface area contributed by atoms with E-state index in [1.165, 1.54) is 24.6 Å². The number of hydrogen-bond donors (Lipinski definition) is 1. The molecule has 0 aliphatic heterocycles. The summed E-state index contributed by atoms with van der Waals surface area (Å²) in [6.45, 7) is 3.01. The highest BCUT2D eigenvalue weighted by molar-refractivity contribution is 5.90. The largest absolute Gasteiger partial charge is 0.478 e. The van der Waals surface area contributed by atoms with Crippen LogP contribution in [0.2, 0.25) is 0 Å². The molecule has 1 saturated carbocycles. The molecule has 2 aromatic heterocycles. The number of aromatic carboxylic acids is 1. The van der Waals surface area contributed by atoms with Crippen LogP contribution in [0.15, 0.2) is 36.7 Å². The molecule has 1 aliphatic carbocycles. The van der Waals surface area contributed by atoms with E-state index < -0.39 is 5.97 Å². The van der Waals surface area contributed by atoms with E-state index in [9.17, 15) is 9.90 Å². The lowest BCUT2D eigenvalue weighted by Crippen LogP contribution is -2.05. The molecule has 0 atom stereocenters. The van der Waals surface area contributed by atoms with Gasteiger partial charge in [-0.3, -0.25) is 9.67 Å². The fraction of sp³-hybridized carbons (Fsp3) is 0.316. The van der Waals surface area contributed by atoms with Crippen LogP contribution in [0.1, 0.15) is 40.0 Å². The number of aryl methyl sites for hydroxylation is 1. The molecule has 0 unspecified atom stereocenters. The molecule has 5 heteroatoms. The number of carboxylic acids is 1. The normalized spacial score (nSPS) is 14.2. The van der Waals surface area contributed by atoms with Gasteiger partial charge >= 0.3 is 5.97 Å². The number of pyridine rings is 1. The molecule has 0 bridgehead atoms. The topological polar surface area (TPSA) is 68.0 Å². The van der Waals surface area contributed by atoms with Gasteiger partial charge in [0.2, 0.25) is 0 Å². The Balaban J connectivity index is 1.78. The summed E-state index contributed by atoms with van der Waals surface area (Å²) in [6.07, 6.45) is 6.17. The molecular weight excluding hydrogens is 302 g/mol. The second-order valence-corrected chi connectivity index (χ2v) is 6.61. The summed E-state index contributed by atoms with van der Waals surface area (Å²) in [5.41, 5.74) is 4.22. The monoisotopic (exact) mass is 321 g/mol. The summed E-state index contributed by atoms with van der Waals surface area (Å²) in [5.74, 6) is -0.194. The van der Waals surface area contributed by atoms with Crippen LogP contribution in [0.4, 0.5) is 0 Å². The Bertz CT molecular complexity index is 926. The molecule has 122 valence electrons. The average Bonchev–Trinajstić information content (AvgIpc) is 3.32. The van der Waals surface area contributed by atoms with Gasteiger partial charge in [0.1, 0.15) is 0 Å². The van der Waals surface area contributed by atoms with Gasteiger partial charge in [-0.2, -0.15) is 5.10 Å². The molecule has 0 amide bonds. The maximum atomic E-state index is 11.4. The number of hydrogen-bond acceptors (Lipinski definition) is 3. The fourth-order valence-corrected chi connectivity index (χ4v) is 3.13. The van der Waals surface area contributed by atoms with Crippen molar-refractivity contribution in [1.29, 1.82) is 0 Å². The van der Waals surface area contributed by atoms with Gasteiger partial charge < -0.3 is 5.11 Å². The van der Waals surface area contributed by atoms with Crippen LogP contribution in [0.25, 0.3) is 10.9 Å². The number of carbonyl (C=O) groups is 1. The number of aromatic nitrogens is 3. The quantitative estimate of drug-likeness (QED) is 0.781. The van der Waals surface area contributed by atoms with Gasteiger partial charge in [0.15, 0.2) is 0 Å². The van der Waals surface area contributed by atoms with Crippen molar-refractivity contribution < 1.29 is 9.90 Å². The van der Waals surface area contributed by atoms with Crippen LogP contribution < -0.4 is 0 Å². The Kier molecular flexibility index (Phi) is 3.56. The van der Waals surface area contributed by atoms with Gasteiger partial charge in [-0.05, 0) is 49.4 Å². The van der Waals surface area contributed by atoms with Crippen molar-refractivity contribution in [3.05, 3.63) is 59.0 Å². The van der Waals surface area contributed by atoms with Crippen LogP contribution in [0.5, 0.6) is 0 Å². The minimum atomic E-state index is -0.926. The van der Waals surface area contributed by atoms with Crippen molar-refractivity contribution in [2.24, 2.45) is 5.92 Å². The lowest BCUT2D eigenvalue weighted by molar-refractivity contribution is 0.0695. The molecule has 0 spiro atoms. The maximum absolute atomic E-state index is 11.4. The molecule has 1 aliphatic rings. The van der Waals surface area contributed by atoms with Crippen LogP contribution in [0.3, 0.4) is 0 Å². The Hall–Kier alpha value is -2.69. The third-order valence-corrected chi connectivity index (χ3v) is 4.60.